The number of fused-ring (bicyclic) bond motifs is 2. The molecule has 8 heteroatoms. The second-order valence-corrected chi connectivity index (χ2v) is 11.5. The molecule has 180 valence electrons. The summed E-state index contributed by atoms with van der Waals surface area (Å²) in [5.41, 5.74) is 1.00. The summed E-state index contributed by atoms with van der Waals surface area (Å²) in [6.45, 7) is 4.56. The van der Waals surface area contributed by atoms with Crippen molar-refractivity contribution in [2.45, 2.75) is 48.4 Å². The van der Waals surface area contributed by atoms with Gasteiger partial charge in [-0.3, -0.25) is 14.4 Å². The Bertz CT molecular complexity index is 1060. The molecule has 34 heavy (non-hydrogen) atoms. The van der Waals surface area contributed by atoms with E-state index in [1.807, 2.05) is 61.6 Å². The molecule has 6 atom stereocenters. The van der Waals surface area contributed by atoms with Gasteiger partial charge in [0, 0.05) is 17.8 Å². The maximum absolute atomic E-state index is 14.1. The number of aliphatic hydroxyl groups excluding tert-OH is 1. The minimum Gasteiger partial charge on any atom is -0.465 e. The van der Waals surface area contributed by atoms with Crippen molar-refractivity contribution in [3.63, 3.8) is 0 Å². The summed E-state index contributed by atoms with van der Waals surface area (Å²) >= 11 is 1.52. The first-order valence-corrected chi connectivity index (χ1v) is 12.6. The Labute approximate surface area is 203 Å². The average molecular weight is 483 g/mol. The van der Waals surface area contributed by atoms with Gasteiger partial charge in [-0.1, -0.05) is 54.6 Å². The number of likely N-dealkylation sites (tertiary alicyclic amines) is 1. The van der Waals surface area contributed by atoms with Crippen LogP contribution in [0.5, 0.6) is 0 Å². The normalized spacial score (nSPS) is 35.7. The quantitative estimate of drug-likeness (QED) is 0.523. The lowest BCUT2D eigenvalue weighted by Crippen LogP contribution is -2.56. The van der Waals surface area contributed by atoms with Gasteiger partial charge in [0.25, 0.3) is 0 Å². The van der Waals surface area contributed by atoms with E-state index >= 15 is 0 Å². The summed E-state index contributed by atoms with van der Waals surface area (Å²) < 4.78 is 3.93. The minimum absolute atomic E-state index is 0.160. The SMILES string of the molecule is C[C@H](CO)N1C(=O)[C@@H]2[C@H]3C(=O)OCCC=C[C@@]3(C)S[C@@]23C=CCN(Cc2ccccc2)C(=O)C13. The molecule has 0 radical (unpaired) electrons. The van der Waals surface area contributed by atoms with Crippen molar-refractivity contribution < 1.29 is 24.2 Å². The van der Waals surface area contributed by atoms with Crippen molar-refractivity contribution in [1.82, 2.24) is 9.80 Å². The standard InChI is InChI=1S/C26H30N2O5S/c1-17(16-29)28-21-23(31)27(15-18-9-4-3-5-10-18)13-8-12-26(21)19(22(28)30)20-24(32)33-14-7-6-11-25(20,2)34-26/h3-6,8-12,17,19-21,29H,7,13-16H2,1-2H3/t17-,19+,20+,21?,25-,26+/m1/s1. The van der Waals surface area contributed by atoms with Gasteiger partial charge in [-0.25, -0.2) is 0 Å². The number of carbonyl (C=O) groups excluding carboxylic acids is 3. The predicted octanol–water partition coefficient (Wildman–Crippen LogP) is 2.16. The highest BCUT2D eigenvalue weighted by molar-refractivity contribution is 8.02. The number of cyclic esters (lactones) is 1. The Morgan fingerprint density at radius 2 is 1.88 bits per heavy atom. The number of thioether (sulfide) groups is 1. The van der Waals surface area contributed by atoms with Crippen molar-refractivity contribution >= 4 is 29.5 Å². The molecule has 2 amide bonds. The van der Waals surface area contributed by atoms with Gasteiger partial charge in [-0.05, 0) is 25.8 Å². The fraction of sp³-hybridized carbons (Fsp3) is 0.500. The number of rotatable bonds is 4. The van der Waals surface area contributed by atoms with Crippen molar-refractivity contribution in [1.29, 1.82) is 0 Å². The van der Waals surface area contributed by atoms with Crippen LogP contribution >= 0.6 is 11.8 Å². The highest BCUT2D eigenvalue weighted by atomic mass is 32.2. The van der Waals surface area contributed by atoms with Gasteiger partial charge in [-0.15, -0.1) is 11.8 Å². The molecule has 4 heterocycles. The van der Waals surface area contributed by atoms with Crippen molar-refractivity contribution in [2.75, 3.05) is 19.8 Å². The van der Waals surface area contributed by atoms with E-state index in [0.717, 1.165) is 5.56 Å². The van der Waals surface area contributed by atoms with E-state index in [4.69, 9.17) is 4.74 Å². The third-order valence-corrected chi connectivity index (χ3v) is 9.29. The first-order chi connectivity index (χ1) is 16.3. The third kappa shape index (κ3) is 3.41. The van der Waals surface area contributed by atoms with Crippen LogP contribution < -0.4 is 0 Å². The van der Waals surface area contributed by atoms with Crippen LogP contribution in [0.2, 0.25) is 0 Å². The van der Waals surface area contributed by atoms with E-state index in [1.54, 1.807) is 11.8 Å². The smallest absolute Gasteiger partial charge is 0.311 e. The third-order valence-electron chi connectivity index (χ3n) is 7.50. The van der Waals surface area contributed by atoms with Gasteiger partial charge in [0.2, 0.25) is 11.8 Å². The van der Waals surface area contributed by atoms with Crippen LogP contribution in [-0.2, 0) is 25.7 Å². The van der Waals surface area contributed by atoms with Crippen molar-refractivity contribution in [2.24, 2.45) is 11.8 Å². The van der Waals surface area contributed by atoms with Crippen LogP contribution in [0.4, 0.5) is 0 Å². The molecule has 7 nitrogen and oxygen atoms in total. The summed E-state index contributed by atoms with van der Waals surface area (Å²) in [5, 5.41) is 9.99. The van der Waals surface area contributed by atoms with Crippen LogP contribution in [0.15, 0.2) is 54.6 Å². The van der Waals surface area contributed by atoms with E-state index in [1.165, 1.54) is 16.7 Å². The van der Waals surface area contributed by atoms with E-state index in [0.29, 0.717) is 19.5 Å². The zero-order valence-corrected chi connectivity index (χ0v) is 20.2. The fourth-order valence-corrected chi connectivity index (χ4v) is 8.12. The monoisotopic (exact) mass is 482 g/mol. The summed E-state index contributed by atoms with van der Waals surface area (Å²) in [6.07, 6.45) is 8.58. The number of nitrogens with zero attached hydrogens (tertiary/aromatic N) is 2. The number of hydrogen-bond acceptors (Lipinski definition) is 6. The summed E-state index contributed by atoms with van der Waals surface area (Å²) in [7, 11) is 0. The first-order valence-electron chi connectivity index (χ1n) is 11.8. The second kappa shape index (κ2) is 8.57. The van der Waals surface area contributed by atoms with Gasteiger partial charge in [0.15, 0.2) is 0 Å². The zero-order chi connectivity index (χ0) is 24.1. The van der Waals surface area contributed by atoms with E-state index in [-0.39, 0.29) is 25.0 Å². The number of ether oxygens (including phenoxy) is 1. The molecule has 1 unspecified atom stereocenters. The van der Waals surface area contributed by atoms with Gasteiger partial charge < -0.3 is 19.6 Å². The molecular weight excluding hydrogens is 452 g/mol. The Hall–Kier alpha value is -2.58. The van der Waals surface area contributed by atoms with Crippen LogP contribution in [0.1, 0.15) is 25.8 Å². The molecule has 5 rings (SSSR count). The molecule has 2 saturated heterocycles. The number of carbonyl (C=O) groups is 3. The highest BCUT2D eigenvalue weighted by Crippen LogP contribution is 2.65. The number of benzene rings is 1. The molecule has 2 fully saturated rings. The second-order valence-electron chi connectivity index (χ2n) is 9.74. The maximum Gasteiger partial charge on any atom is 0.311 e. The Kier molecular flexibility index (Phi) is 5.84. The van der Waals surface area contributed by atoms with Gasteiger partial charge in [-0.2, -0.15) is 0 Å². The molecule has 0 bridgehead atoms. The predicted molar refractivity (Wildman–Crippen MR) is 129 cm³/mol. The highest BCUT2D eigenvalue weighted by Gasteiger charge is 2.74. The fourth-order valence-electron chi connectivity index (χ4n) is 5.98. The molecule has 4 aliphatic heterocycles. The lowest BCUT2D eigenvalue weighted by molar-refractivity contribution is -0.154. The molecule has 1 aromatic rings. The molecule has 0 saturated carbocycles. The minimum atomic E-state index is -0.920. The Morgan fingerprint density at radius 3 is 2.62 bits per heavy atom. The van der Waals surface area contributed by atoms with E-state index in [2.05, 4.69) is 0 Å². The molecule has 4 aliphatic rings. The molecule has 1 spiro atoms. The number of esters is 1. The van der Waals surface area contributed by atoms with Crippen molar-refractivity contribution in [3.05, 3.63) is 60.2 Å². The summed E-state index contributed by atoms with van der Waals surface area (Å²) in [4.78, 5) is 44.6. The average Bonchev–Trinajstić information content (AvgIpc) is 3.15. The zero-order valence-electron chi connectivity index (χ0n) is 19.4. The van der Waals surface area contributed by atoms with Crippen LogP contribution in [0.3, 0.4) is 0 Å². The topological polar surface area (TPSA) is 87.2 Å². The first kappa shape index (κ1) is 23.2. The molecular formula is C26H30N2O5S. The van der Waals surface area contributed by atoms with Crippen molar-refractivity contribution in [3.8, 4) is 0 Å². The molecule has 0 aromatic heterocycles. The van der Waals surface area contributed by atoms with Gasteiger partial charge in [0.05, 0.1) is 35.8 Å². The number of aliphatic hydroxyl groups is 1. The van der Waals surface area contributed by atoms with E-state index < -0.39 is 39.4 Å². The summed E-state index contributed by atoms with van der Waals surface area (Å²) in [5.74, 6) is -2.27. The Balaban J connectivity index is 1.62. The summed E-state index contributed by atoms with van der Waals surface area (Å²) in [6, 6.07) is 8.39. The molecule has 1 aromatic carbocycles. The van der Waals surface area contributed by atoms with Crippen LogP contribution in [0, 0.1) is 11.8 Å². The van der Waals surface area contributed by atoms with Gasteiger partial charge >= 0.3 is 5.97 Å². The largest absolute Gasteiger partial charge is 0.465 e. The number of hydrogen-bond donors (Lipinski definition) is 1. The van der Waals surface area contributed by atoms with Crippen LogP contribution in [-0.4, -0.2) is 74.0 Å². The van der Waals surface area contributed by atoms with Crippen LogP contribution in [0.25, 0.3) is 0 Å². The Morgan fingerprint density at radius 1 is 1.12 bits per heavy atom. The lowest BCUT2D eigenvalue weighted by atomic mass is 9.74. The lowest BCUT2D eigenvalue weighted by Gasteiger charge is -2.39. The maximum atomic E-state index is 14.1. The number of amides is 2. The van der Waals surface area contributed by atoms with Gasteiger partial charge in [0.1, 0.15) is 6.04 Å². The molecule has 1 N–H and O–H groups in total. The van der Waals surface area contributed by atoms with E-state index in [9.17, 15) is 19.5 Å². The molecule has 0 aliphatic carbocycles.